The van der Waals surface area contributed by atoms with Gasteiger partial charge in [-0.3, -0.25) is 95.9 Å². The van der Waals surface area contributed by atoms with Crippen LogP contribution >= 0.6 is 48.8 Å². The maximum atomic E-state index is 15.3. The maximum absolute atomic E-state index is 15.3. The molecule has 145 heavy (non-hydrogen) atoms. The molecule has 0 saturated carbocycles. The Morgan fingerprint density at radius 3 is 0.966 bits per heavy atom. The molecule has 50 heteroatoms. The molecule has 6 aromatic rings. The van der Waals surface area contributed by atoms with E-state index in [0.29, 0.717) is 49.8 Å². The molecular formula is C95H132N22O24S4. The van der Waals surface area contributed by atoms with Crippen LogP contribution in [-0.4, -0.2) is 288 Å². The highest BCUT2D eigenvalue weighted by molar-refractivity contribution is 7.98. The second-order valence-electron chi connectivity index (χ2n) is 35.4. The molecule has 2 heterocycles. The van der Waals surface area contributed by atoms with Crippen molar-refractivity contribution in [2.24, 2.45) is 40.5 Å². The molecule has 6 rings (SSSR count). The van der Waals surface area contributed by atoms with Crippen LogP contribution in [0.15, 0.2) is 122 Å². The van der Waals surface area contributed by atoms with E-state index in [4.69, 9.17) is 28.7 Å². The Hall–Kier alpha value is -13.9. The number of primary amides is 3. The Morgan fingerprint density at radius 1 is 0.324 bits per heavy atom. The number of thiol groups is 2. The summed E-state index contributed by atoms with van der Waals surface area (Å²) >= 11 is 11.2. The Morgan fingerprint density at radius 2 is 0.614 bits per heavy atom. The summed E-state index contributed by atoms with van der Waals surface area (Å²) in [4.78, 5) is 299. The molecular weight excluding hydrogens is 1960 g/mol. The highest BCUT2D eigenvalue weighted by Crippen LogP contribution is 2.24. The van der Waals surface area contributed by atoms with Gasteiger partial charge in [0.1, 0.15) is 90.6 Å². The van der Waals surface area contributed by atoms with Crippen molar-refractivity contribution in [2.75, 3.05) is 42.1 Å². The van der Waals surface area contributed by atoms with Gasteiger partial charge in [0.25, 0.3) is 0 Å². The summed E-state index contributed by atoms with van der Waals surface area (Å²) in [6, 6.07) is 3.32. The van der Waals surface area contributed by atoms with Crippen molar-refractivity contribution in [3.05, 3.63) is 144 Å². The minimum atomic E-state index is -2.03. The molecule has 18 amide bonds. The number of benzene rings is 4. The standard InChI is InChI=1S/C95H132N22O24S4/c1-49(2)35-64(84(129)106-63(95(140)141)31-34-145-6)109-92(137)72(44-79(123)124)115-94(139)74(48-143)117-87(132)67(38-52-21-11-8-12-22-52)111-89(134)69(40-54-46-102-59-26-16-14-24-56(54)59)112-82(127)61(28-29-75(98)118)104-90(135)70(42-76(99)119)113-81(126)60(27-17-18-32-96)103-86(131)66(37-51-19-9-7-10-20-51)110-85(130)65(36-50(3)4)108-91(136)71(43-77(100)120)114-93(138)73(47-142)116-83(128)62(30-33-144-5)105-88(133)68(107-80(125)57(97)41-78(121)122)39-53-45-101-58-25-15-13-23-55(53)58/h7-16,19-26,45-46,49-50,57,60-74,101-102,142-143H,17-18,27-44,47-48,96-97H2,1-6H3,(H2,98,118)(H2,99,119)(H2,100,120)(H,103,131)(H,104,135)(H,105,133)(H,106,129)(H,107,125)(H,108,136)(H,109,137)(H,110,130)(H,111,134)(H,112,127)(H,113,126)(H,114,138)(H,115,139)(H,116,128)(H,117,132)(H,121,122)(H,123,124)(H,140,141)/t57-,60-,61-,62-,63-,64-,65-,66-,67-,68-,69-,70-,71-,72-,73-,74-/m0/s1. The normalized spacial score (nSPS) is 14.5. The number of amides is 18. The van der Waals surface area contributed by atoms with E-state index in [1.165, 1.54) is 29.7 Å². The quantitative estimate of drug-likeness (QED) is 0.0135. The number of hydrogen-bond acceptors (Lipinski definition) is 27. The third-order valence-corrected chi connectivity index (χ3v) is 24.8. The zero-order chi connectivity index (χ0) is 107. The first-order valence-electron chi connectivity index (χ1n) is 46.8. The molecule has 0 spiro atoms. The molecule has 46 nitrogen and oxygen atoms in total. The van der Waals surface area contributed by atoms with Crippen molar-refractivity contribution in [3.8, 4) is 0 Å². The van der Waals surface area contributed by atoms with E-state index in [9.17, 15) is 102 Å². The number of unbranched alkanes of at least 4 members (excludes halogenated alkanes) is 1. The van der Waals surface area contributed by atoms with E-state index < -0.39 is 283 Å². The van der Waals surface area contributed by atoms with Gasteiger partial charge in [-0.1, -0.05) is 125 Å². The predicted molar refractivity (Wildman–Crippen MR) is 545 cm³/mol. The van der Waals surface area contributed by atoms with Crippen LogP contribution in [0.2, 0.25) is 0 Å². The summed E-state index contributed by atoms with van der Waals surface area (Å²) in [5.41, 5.74) is 31.9. The predicted octanol–water partition coefficient (Wildman–Crippen LogP) is -2.84. The highest BCUT2D eigenvalue weighted by atomic mass is 32.2. The van der Waals surface area contributed by atoms with Gasteiger partial charge in [-0.25, -0.2) is 4.79 Å². The van der Waals surface area contributed by atoms with Gasteiger partial charge in [0, 0.05) is 77.8 Å². The van der Waals surface area contributed by atoms with Gasteiger partial charge in [0.2, 0.25) is 106 Å². The van der Waals surface area contributed by atoms with Gasteiger partial charge in [-0.05, 0) is 128 Å². The average molecular weight is 2090 g/mol. The average Bonchev–Trinajstić information content (AvgIpc) is 1.69. The van der Waals surface area contributed by atoms with Crippen molar-refractivity contribution in [3.63, 3.8) is 0 Å². The van der Waals surface area contributed by atoms with Crippen molar-refractivity contribution in [2.45, 2.75) is 234 Å². The number of H-pyrrole nitrogens is 2. The lowest BCUT2D eigenvalue weighted by atomic mass is 10.00. The summed E-state index contributed by atoms with van der Waals surface area (Å²) in [7, 11) is 0. The molecule has 30 N–H and O–H groups in total. The number of nitrogens with two attached hydrogens (primary N) is 5. The molecule has 16 atom stereocenters. The fourth-order valence-electron chi connectivity index (χ4n) is 15.3. The fraction of sp³-hybridized carbons (Fsp3) is 0.484. The molecule has 0 aliphatic heterocycles. The van der Waals surface area contributed by atoms with Crippen molar-refractivity contribution in [1.29, 1.82) is 0 Å². The lowest BCUT2D eigenvalue weighted by Crippen LogP contribution is -2.62. The number of carbonyl (C=O) groups is 21. The summed E-state index contributed by atoms with van der Waals surface area (Å²) in [5, 5.41) is 68.0. The van der Waals surface area contributed by atoms with E-state index in [2.05, 4.69) is 115 Å². The van der Waals surface area contributed by atoms with Crippen LogP contribution in [0, 0.1) is 11.8 Å². The van der Waals surface area contributed by atoms with E-state index in [1.807, 2.05) is 0 Å². The van der Waals surface area contributed by atoms with Gasteiger partial charge in [0.15, 0.2) is 0 Å². The largest absolute Gasteiger partial charge is 0.481 e. The maximum Gasteiger partial charge on any atom is 0.326 e. The molecule has 0 aliphatic rings. The minimum absolute atomic E-state index is 0.0191. The second-order valence-corrected chi connectivity index (χ2v) is 38.1. The third-order valence-electron chi connectivity index (χ3n) is 22.8. The van der Waals surface area contributed by atoms with Crippen molar-refractivity contribution in [1.82, 2.24) is 89.7 Å². The summed E-state index contributed by atoms with van der Waals surface area (Å²) in [5.74, 6) is -25.1. The van der Waals surface area contributed by atoms with E-state index in [-0.39, 0.29) is 82.4 Å². The van der Waals surface area contributed by atoms with Crippen molar-refractivity contribution >= 4 is 195 Å². The number of carboxylic acid groups (broad SMARTS) is 3. The number of rotatable bonds is 66. The second kappa shape index (κ2) is 61.3. The first kappa shape index (κ1) is 120. The van der Waals surface area contributed by atoms with E-state index in [1.54, 1.807) is 156 Å². The number of para-hydroxylation sites is 2. The lowest BCUT2D eigenvalue weighted by Gasteiger charge is -2.29. The van der Waals surface area contributed by atoms with Crippen LogP contribution in [-0.2, 0) is 126 Å². The molecule has 0 unspecified atom stereocenters. The Bertz CT molecular complexity index is 5490. The first-order chi connectivity index (χ1) is 68.8. The molecule has 0 fully saturated rings. The number of fused-ring (bicyclic) bond motifs is 2. The number of aromatic nitrogens is 2. The number of carboxylic acids is 3. The number of nitrogens with one attached hydrogen (secondary N) is 17. The van der Waals surface area contributed by atoms with Crippen LogP contribution in [0.3, 0.4) is 0 Å². The van der Waals surface area contributed by atoms with Gasteiger partial charge < -0.3 is 134 Å². The van der Waals surface area contributed by atoms with Crippen LogP contribution < -0.4 is 108 Å². The fourth-order valence-corrected chi connectivity index (χ4v) is 16.7. The Labute approximate surface area is 855 Å². The molecule has 0 aliphatic carbocycles. The number of aliphatic carboxylic acids is 3. The van der Waals surface area contributed by atoms with E-state index in [0.717, 1.165) is 0 Å². The van der Waals surface area contributed by atoms with Gasteiger partial charge in [-0.15, -0.1) is 0 Å². The number of aromatic amines is 2. The van der Waals surface area contributed by atoms with Gasteiger partial charge in [0.05, 0.1) is 31.7 Å². The number of carbonyl (C=O) groups excluding carboxylic acids is 18. The molecule has 0 radical (unpaired) electrons. The van der Waals surface area contributed by atoms with E-state index >= 15 is 14.4 Å². The zero-order valence-corrected chi connectivity index (χ0v) is 84.4. The summed E-state index contributed by atoms with van der Waals surface area (Å²) in [6.45, 7) is 6.81. The lowest BCUT2D eigenvalue weighted by molar-refractivity contribution is -0.143. The van der Waals surface area contributed by atoms with Crippen LogP contribution in [0.5, 0.6) is 0 Å². The topological polar surface area (TPSA) is 761 Å². The first-order valence-corrected chi connectivity index (χ1v) is 50.8. The molecule has 2 aromatic heterocycles. The zero-order valence-electron chi connectivity index (χ0n) is 81.0. The van der Waals surface area contributed by atoms with Crippen molar-refractivity contribution < 1.29 is 116 Å². The summed E-state index contributed by atoms with van der Waals surface area (Å²) in [6.07, 6.45) is 0.117. The molecule has 0 saturated heterocycles. The van der Waals surface area contributed by atoms with Gasteiger partial charge >= 0.3 is 17.9 Å². The number of hydrogen-bond donors (Lipinski definition) is 27. The Balaban J connectivity index is 1.25. The van der Waals surface area contributed by atoms with Gasteiger partial charge in [-0.2, -0.15) is 48.8 Å². The highest BCUT2D eigenvalue weighted by Gasteiger charge is 2.41. The van der Waals surface area contributed by atoms with Crippen LogP contribution in [0.4, 0.5) is 0 Å². The summed E-state index contributed by atoms with van der Waals surface area (Å²) < 4.78 is 0. The SMILES string of the molecule is CSCC[C@H](NC(=O)[C@H](CC(C)C)NC(=O)[C@H](CC(=O)O)NC(=O)[C@H](CS)NC(=O)[C@H](Cc1ccccc1)NC(=O)[C@H](Cc1c[nH]c2ccccc12)NC(=O)[C@H](CCC(N)=O)NC(=O)[C@H](CC(N)=O)NC(=O)[C@H](CCCCN)NC(=O)[C@H](Cc1ccccc1)NC(=O)[C@H](CC(C)C)NC(=O)[C@H](CC(N)=O)NC(=O)[C@H](CS)NC(=O)[C@H](CCSC)NC(=O)[C@H](Cc1c[nH]c2ccccc12)NC(=O)[C@@H](N)CC(=O)O)C(=O)O. The third kappa shape index (κ3) is 41.1. The van der Waals surface area contributed by atoms with Crippen LogP contribution in [0.1, 0.15) is 133 Å². The molecule has 0 bridgehead atoms. The van der Waals surface area contributed by atoms with Crippen LogP contribution in [0.25, 0.3) is 21.8 Å². The molecule has 790 valence electrons. The Kier molecular flexibility index (Phi) is 50.7. The monoisotopic (exact) mass is 2090 g/mol. The number of thioether (sulfide) groups is 2. The minimum Gasteiger partial charge on any atom is -0.481 e. The molecule has 4 aromatic carbocycles. The smallest absolute Gasteiger partial charge is 0.326 e.